The Hall–Kier alpha value is -4.97. The van der Waals surface area contributed by atoms with E-state index in [4.69, 9.17) is 14.2 Å². The highest BCUT2D eigenvalue weighted by Gasteiger charge is 2.19. The zero-order chi connectivity index (χ0) is 45.8. The molecule has 0 rings (SSSR count). The minimum atomic E-state index is -0.848. The third-order valence-electron chi connectivity index (χ3n) is 9.17. The Kier molecular flexibility index (Phi) is 45.8. The highest BCUT2D eigenvalue weighted by atomic mass is 16.6. The molecule has 0 N–H and O–H groups in total. The average molecular weight is 865 g/mol. The summed E-state index contributed by atoms with van der Waals surface area (Å²) in [5, 5.41) is 0. The third kappa shape index (κ3) is 47.9. The van der Waals surface area contributed by atoms with Gasteiger partial charge in [-0.3, -0.25) is 14.4 Å². The van der Waals surface area contributed by atoms with Crippen LogP contribution < -0.4 is 0 Å². The Morgan fingerprint density at radius 2 is 0.730 bits per heavy atom. The summed E-state index contributed by atoms with van der Waals surface area (Å²) in [4.78, 5) is 37.8. The smallest absolute Gasteiger partial charge is 0.306 e. The van der Waals surface area contributed by atoms with Crippen LogP contribution in [0.2, 0.25) is 0 Å². The van der Waals surface area contributed by atoms with Crippen molar-refractivity contribution in [1.29, 1.82) is 0 Å². The summed E-state index contributed by atoms with van der Waals surface area (Å²) < 4.78 is 16.6. The van der Waals surface area contributed by atoms with E-state index in [-0.39, 0.29) is 44.0 Å². The maximum atomic E-state index is 12.7. The molecular formula is C57H84O6. The Bertz CT molecular complexity index is 1510. The first kappa shape index (κ1) is 58.0. The number of allylic oxidation sites excluding steroid dienone is 26. The fourth-order valence-corrected chi connectivity index (χ4v) is 5.58. The topological polar surface area (TPSA) is 78.9 Å². The van der Waals surface area contributed by atoms with Crippen LogP contribution in [0.5, 0.6) is 0 Å². The van der Waals surface area contributed by atoms with Gasteiger partial charge in [0.1, 0.15) is 13.2 Å². The van der Waals surface area contributed by atoms with Crippen molar-refractivity contribution in [2.75, 3.05) is 13.2 Å². The molecule has 6 nitrogen and oxygen atoms in total. The molecule has 0 amide bonds. The quantitative estimate of drug-likeness (QED) is 0.0201. The summed E-state index contributed by atoms with van der Waals surface area (Å²) in [7, 11) is 0. The molecule has 0 aromatic carbocycles. The molecule has 1 unspecified atom stereocenters. The van der Waals surface area contributed by atoms with Gasteiger partial charge in [0.15, 0.2) is 6.10 Å². The average Bonchev–Trinajstić information content (AvgIpc) is 3.28. The van der Waals surface area contributed by atoms with Crippen LogP contribution >= 0.6 is 0 Å². The number of hydrogen-bond acceptors (Lipinski definition) is 6. The molecule has 0 saturated carbocycles. The van der Waals surface area contributed by atoms with E-state index in [2.05, 4.69) is 118 Å². The van der Waals surface area contributed by atoms with Gasteiger partial charge in [0.05, 0.1) is 0 Å². The number of carbonyl (C=O) groups is 3. The van der Waals surface area contributed by atoms with Gasteiger partial charge in [0.25, 0.3) is 0 Å². The lowest BCUT2D eigenvalue weighted by Gasteiger charge is -2.18. The van der Waals surface area contributed by atoms with E-state index < -0.39 is 6.10 Å². The van der Waals surface area contributed by atoms with Crippen LogP contribution in [0.25, 0.3) is 0 Å². The van der Waals surface area contributed by atoms with Gasteiger partial charge in [-0.25, -0.2) is 0 Å². The fourth-order valence-electron chi connectivity index (χ4n) is 5.58. The van der Waals surface area contributed by atoms with Gasteiger partial charge in [-0.2, -0.15) is 0 Å². The first-order chi connectivity index (χ1) is 31.0. The first-order valence-corrected chi connectivity index (χ1v) is 24.1. The summed E-state index contributed by atoms with van der Waals surface area (Å²) in [6.07, 6.45) is 72.4. The molecule has 0 aromatic heterocycles. The molecule has 0 fully saturated rings. The molecule has 0 aromatic rings. The van der Waals surface area contributed by atoms with Crippen LogP contribution in [-0.4, -0.2) is 37.2 Å². The predicted octanol–water partition coefficient (Wildman–Crippen LogP) is 15.9. The zero-order valence-corrected chi connectivity index (χ0v) is 39.5. The normalized spacial score (nSPS) is 13.5. The lowest BCUT2D eigenvalue weighted by atomic mass is 10.1. The number of unbranched alkanes of at least 4 members (excludes halogenated alkanes) is 8. The number of ether oxygens (including phenoxy) is 3. The largest absolute Gasteiger partial charge is 0.462 e. The zero-order valence-electron chi connectivity index (χ0n) is 39.5. The standard InChI is InChI=1S/C57H84O6/c1-4-7-10-13-16-19-22-24-26-27-28-29-31-32-35-38-41-44-47-50-56(59)62-53-54(52-61-55(58)49-46-43-40-37-34-21-18-15-12-9-6-3)63-57(60)51-48-45-42-39-36-33-30-25-23-20-17-14-11-8-5-2/h7-8,10-11,14-21,23-26,28-30,32-36,41,44,54H,4-6,9,12-13,22,27,31,37-40,42-43,45-53H2,1-3H3/b10-7-,11-8-,17-14-,18-15-,19-16-,23-20-,26-24-,29-28-,30-25-,34-21-,35-32-,36-33-,44-41-. The van der Waals surface area contributed by atoms with Gasteiger partial charge in [-0.1, -0.05) is 204 Å². The van der Waals surface area contributed by atoms with Gasteiger partial charge in [-0.05, 0) is 96.3 Å². The van der Waals surface area contributed by atoms with Gasteiger partial charge in [0, 0.05) is 19.3 Å². The molecule has 1 atom stereocenters. The van der Waals surface area contributed by atoms with E-state index in [1.807, 2.05) is 60.8 Å². The third-order valence-corrected chi connectivity index (χ3v) is 9.17. The Labute approximate surface area is 384 Å². The van der Waals surface area contributed by atoms with Crippen LogP contribution in [0.3, 0.4) is 0 Å². The molecular weight excluding hydrogens is 781 g/mol. The molecule has 0 radical (unpaired) electrons. The summed E-state index contributed by atoms with van der Waals surface area (Å²) in [6, 6.07) is 0. The Balaban J connectivity index is 4.64. The SMILES string of the molecule is CC\C=C/C=C\C=C/C=C\C=C/CCCCCC(=O)OC(COC(=O)CC/C=C\C/C=C\C/C=C\C/C=C\C/C=C\C/C=C\CC)COC(=O)CCCCC/C=C\C=C/CCCC. The molecule has 0 bridgehead atoms. The van der Waals surface area contributed by atoms with Gasteiger partial charge < -0.3 is 14.2 Å². The minimum absolute atomic E-state index is 0.141. The highest BCUT2D eigenvalue weighted by Crippen LogP contribution is 2.10. The molecule has 63 heavy (non-hydrogen) atoms. The van der Waals surface area contributed by atoms with Crippen molar-refractivity contribution < 1.29 is 28.6 Å². The second kappa shape index (κ2) is 49.7. The molecule has 0 saturated heterocycles. The van der Waals surface area contributed by atoms with E-state index in [9.17, 15) is 14.4 Å². The summed E-state index contributed by atoms with van der Waals surface area (Å²) >= 11 is 0. The van der Waals surface area contributed by atoms with Gasteiger partial charge >= 0.3 is 17.9 Å². The van der Waals surface area contributed by atoms with Gasteiger partial charge in [0.2, 0.25) is 0 Å². The van der Waals surface area contributed by atoms with Crippen molar-refractivity contribution in [3.05, 3.63) is 158 Å². The lowest BCUT2D eigenvalue weighted by Crippen LogP contribution is -2.30. The lowest BCUT2D eigenvalue weighted by molar-refractivity contribution is -0.166. The Morgan fingerprint density at radius 1 is 0.349 bits per heavy atom. The van der Waals surface area contributed by atoms with Crippen LogP contribution in [0.15, 0.2) is 158 Å². The number of rotatable bonds is 40. The molecule has 6 heteroatoms. The number of esters is 3. The Morgan fingerprint density at radius 3 is 1.21 bits per heavy atom. The van der Waals surface area contributed by atoms with Crippen molar-refractivity contribution in [3.8, 4) is 0 Å². The van der Waals surface area contributed by atoms with Crippen molar-refractivity contribution in [1.82, 2.24) is 0 Å². The summed E-state index contributed by atoms with van der Waals surface area (Å²) in [5.41, 5.74) is 0. The molecule has 0 aliphatic rings. The van der Waals surface area contributed by atoms with E-state index in [0.29, 0.717) is 19.3 Å². The molecule has 0 aliphatic heterocycles. The predicted molar refractivity (Wildman–Crippen MR) is 269 cm³/mol. The van der Waals surface area contributed by atoms with E-state index in [1.165, 1.54) is 12.8 Å². The van der Waals surface area contributed by atoms with E-state index in [0.717, 1.165) is 96.3 Å². The highest BCUT2D eigenvalue weighted by molar-refractivity contribution is 5.71. The van der Waals surface area contributed by atoms with Crippen molar-refractivity contribution in [2.24, 2.45) is 0 Å². The fraction of sp³-hybridized carbons (Fsp3) is 0.491. The molecule has 0 aliphatic carbocycles. The molecule has 0 spiro atoms. The van der Waals surface area contributed by atoms with Crippen molar-refractivity contribution >= 4 is 17.9 Å². The number of hydrogen-bond donors (Lipinski definition) is 0. The van der Waals surface area contributed by atoms with E-state index >= 15 is 0 Å². The number of carbonyl (C=O) groups excluding carboxylic acids is 3. The van der Waals surface area contributed by atoms with Crippen LogP contribution in [-0.2, 0) is 28.6 Å². The maximum Gasteiger partial charge on any atom is 0.306 e. The molecule has 348 valence electrons. The first-order valence-electron chi connectivity index (χ1n) is 24.1. The second-order valence-corrected chi connectivity index (χ2v) is 15.0. The monoisotopic (exact) mass is 865 g/mol. The molecule has 0 heterocycles. The van der Waals surface area contributed by atoms with Crippen molar-refractivity contribution in [3.63, 3.8) is 0 Å². The van der Waals surface area contributed by atoms with E-state index in [1.54, 1.807) is 0 Å². The van der Waals surface area contributed by atoms with Crippen LogP contribution in [0, 0.1) is 0 Å². The van der Waals surface area contributed by atoms with Crippen LogP contribution in [0.1, 0.15) is 162 Å². The second-order valence-electron chi connectivity index (χ2n) is 15.0. The van der Waals surface area contributed by atoms with Gasteiger partial charge in [-0.15, -0.1) is 0 Å². The summed E-state index contributed by atoms with van der Waals surface area (Å²) in [5.74, 6) is -1.11. The maximum absolute atomic E-state index is 12.7. The summed E-state index contributed by atoms with van der Waals surface area (Å²) in [6.45, 7) is 6.15. The van der Waals surface area contributed by atoms with Crippen LogP contribution in [0.4, 0.5) is 0 Å². The minimum Gasteiger partial charge on any atom is -0.462 e. The van der Waals surface area contributed by atoms with Crippen molar-refractivity contribution in [2.45, 2.75) is 168 Å².